The second-order valence-electron chi connectivity index (χ2n) is 8.48. The Balaban J connectivity index is 1.88. The largest absolute Gasteiger partial charge is 0.466 e. The fourth-order valence-electron chi connectivity index (χ4n) is 4.27. The van der Waals surface area contributed by atoms with E-state index in [4.69, 9.17) is 4.74 Å². The van der Waals surface area contributed by atoms with Crippen molar-refractivity contribution in [3.05, 3.63) is 65.7 Å². The molecule has 35 heavy (non-hydrogen) atoms. The number of carbonyl (C=O) groups excluding carboxylic acids is 1. The summed E-state index contributed by atoms with van der Waals surface area (Å²) in [6.07, 6.45) is -3.91. The predicted octanol–water partition coefficient (Wildman–Crippen LogP) is 6.06. The number of esters is 1. The Hall–Kier alpha value is -3.49. The number of aryl methyl sites for hydroxylation is 1. The van der Waals surface area contributed by atoms with E-state index in [-0.39, 0.29) is 30.0 Å². The molecule has 1 aliphatic rings. The Kier molecular flexibility index (Phi) is 7.05. The number of hydrogen-bond acceptors (Lipinski definition) is 5. The van der Waals surface area contributed by atoms with Crippen molar-refractivity contribution in [3.8, 4) is 22.4 Å². The Labute approximate surface area is 200 Å². The van der Waals surface area contributed by atoms with Gasteiger partial charge in [0.1, 0.15) is 11.6 Å². The van der Waals surface area contributed by atoms with Gasteiger partial charge in [-0.1, -0.05) is 29.8 Å². The maximum Gasteiger partial charge on any atom is 0.451 e. The number of benzene rings is 2. The Bertz CT molecular complexity index is 1200. The number of anilines is 1. The van der Waals surface area contributed by atoms with Gasteiger partial charge in [0, 0.05) is 18.7 Å². The summed E-state index contributed by atoms with van der Waals surface area (Å²) in [6.45, 7) is 4.56. The lowest BCUT2D eigenvalue weighted by atomic mass is 9.94. The van der Waals surface area contributed by atoms with E-state index in [2.05, 4.69) is 9.97 Å². The molecule has 1 saturated heterocycles. The number of piperidine rings is 1. The number of rotatable bonds is 5. The summed E-state index contributed by atoms with van der Waals surface area (Å²) in [6, 6.07) is 12.5. The molecule has 0 N–H and O–H groups in total. The summed E-state index contributed by atoms with van der Waals surface area (Å²) < 4.78 is 60.4. The van der Waals surface area contributed by atoms with Crippen LogP contribution in [0.2, 0.25) is 0 Å². The highest BCUT2D eigenvalue weighted by Crippen LogP contribution is 2.41. The average molecular weight is 487 g/mol. The average Bonchev–Trinajstić information content (AvgIpc) is 2.83. The first kappa shape index (κ1) is 24.6. The van der Waals surface area contributed by atoms with Crippen molar-refractivity contribution in [2.75, 3.05) is 24.6 Å². The molecule has 1 aromatic heterocycles. The molecule has 0 bridgehead atoms. The molecule has 0 amide bonds. The van der Waals surface area contributed by atoms with Gasteiger partial charge in [0.15, 0.2) is 0 Å². The minimum Gasteiger partial charge on any atom is -0.466 e. The van der Waals surface area contributed by atoms with Crippen LogP contribution < -0.4 is 4.90 Å². The number of alkyl halides is 3. The van der Waals surface area contributed by atoms with Gasteiger partial charge in [-0.15, -0.1) is 0 Å². The first-order chi connectivity index (χ1) is 16.7. The number of aromatic nitrogens is 2. The molecule has 0 unspecified atom stereocenters. The Morgan fingerprint density at radius 2 is 1.74 bits per heavy atom. The quantitative estimate of drug-likeness (QED) is 0.324. The maximum absolute atomic E-state index is 13.9. The van der Waals surface area contributed by atoms with Gasteiger partial charge < -0.3 is 9.64 Å². The summed E-state index contributed by atoms with van der Waals surface area (Å²) in [4.78, 5) is 21.8. The van der Waals surface area contributed by atoms with E-state index in [1.54, 1.807) is 17.9 Å². The molecule has 9 heteroatoms. The number of nitrogens with zero attached hydrogens (tertiary/aromatic N) is 3. The molecular weight excluding hydrogens is 462 g/mol. The minimum atomic E-state index is -4.78. The van der Waals surface area contributed by atoms with Crippen molar-refractivity contribution in [2.24, 2.45) is 5.92 Å². The summed E-state index contributed by atoms with van der Waals surface area (Å²) in [5.74, 6) is -2.24. The van der Waals surface area contributed by atoms with Gasteiger partial charge in [-0.2, -0.15) is 13.2 Å². The molecule has 5 nitrogen and oxygen atoms in total. The second kappa shape index (κ2) is 10.0. The van der Waals surface area contributed by atoms with Gasteiger partial charge in [-0.25, -0.2) is 14.4 Å². The molecular formula is C26H25F4N3O2. The molecule has 0 saturated carbocycles. The smallest absolute Gasteiger partial charge is 0.451 e. The van der Waals surface area contributed by atoms with E-state index >= 15 is 0 Å². The number of halogens is 4. The molecule has 2 aromatic carbocycles. The summed E-state index contributed by atoms with van der Waals surface area (Å²) >= 11 is 0. The van der Waals surface area contributed by atoms with Crippen molar-refractivity contribution in [3.63, 3.8) is 0 Å². The highest BCUT2D eigenvalue weighted by Gasteiger charge is 2.38. The molecule has 0 spiro atoms. The van der Waals surface area contributed by atoms with E-state index in [0.717, 1.165) is 5.56 Å². The van der Waals surface area contributed by atoms with Crippen molar-refractivity contribution >= 4 is 11.8 Å². The molecule has 0 aliphatic carbocycles. The molecule has 3 aromatic rings. The van der Waals surface area contributed by atoms with E-state index in [1.807, 2.05) is 25.1 Å². The molecule has 0 atom stereocenters. The van der Waals surface area contributed by atoms with Crippen molar-refractivity contribution in [1.82, 2.24) is 9.97 Å². The SMILES string of the molecule is CCOC(=O)C1CCN(c2nc(C(F)(F)F)nc(-c3ccc(F)cc3)c2-c2cccc(C)c2)CC1. The maximum atomic E-state index is 13.9. The number of carbonyl (C=O) groups is 1. The molecule has 2 heterocycles. The molecule has 0 radical (unpaired) electrons. The third kappa shape index (κ3) is 5.44. The zero-order valence-corrected chi connectivity index (χ0v) is 19.4. The Morgan fingerprint density at radius 3 is 2.34 bits per heavy atom. The van der Waals surface area contributed by atoms with Crippen LogP contribution in [0.5, 0.6) is 0 Å². The third-order valence-corrected chi connectivity index (χ3v) is 5.98. The van der Waals surface area contributed by atoms with Crippen LogP contribution in [0.3, 0.4) is 0 Å². The van der Waals surface area contributed by atoms with Crippen LogP contribution >= 0.6 is 0 Å². The van der Waals surface area contributed by atoms with Crippen LogP contribution in [-0.2, 0) is 15.7 Å². The zero-order chi connectivity index (χ0) is 25.2. The van der Waals surface area contributed by atoms with Crippen LogP contribution in [0.1, 0.15) is 31.2 Å². The lowest BCUT2D eigenvalue weighted by Crippen LogP contribution is -2.38. The lowest BCUT2D eigenvalue weighted by molar-refractivity contribution is -0.148. The van der Waals surface area contributed by atoms with Gasteiger partial charge in [-0.3, -0.25) is 4.79 Å². The minimum absolute atomic E-state index is 0.0699. The normalized spacial score (nSPS) is 14.7. The van der Waals surface area contributed by atoms with E-state index in [0.29, 0.717) is 42.6 Å². The Morgan fingerprint density at radius 1 is 1.06 bits per heavy atom. The van der Waals surface area contributed by atoms with Crippen molar-refractivity contribution in [2.45, 2.75) is 32.9 Å². The molecule has 4 rings (SSSR count). The van der Waals surface area contributed by atoms with Gasteiger partial charge in [0.25, 0.3) is 0 Å². The molecule has 184 valence electrons. The third-order valence-electron chi connectivity index (χ3n) is 5.98. The monoisotopic (exact) mass is 487 g/mol. The van der Waals surface area contributed by atoms with Crippen LogP contribution in [0, 0.1) is 18.7 Å². The van der Waals surface area contributed by atoms with Crippen LogP contribution in [0.25, 0.3) is 22.4 Å². The van der Waals surface area contributed by atoms with E-state index in [9.17, 15) is 22.4 Å². The standard InChI is InChI=1S/C26H25F4N3O2/c1-3-35-24(34)18-11-13-33(14-12-18)23-21(19-6-4-5-16(2)15-19)22(17-7-9-20(27)10-8-17)31-25(32-23)26(28,29)30/h4-10,15,18H,3,11-14H2,1-2H3. The van der Waals surface area contributed by atoms with Gasteiger partial charge in [0.05, 0.1) is 23.8 Å². The summed E-state index contributed by atoms with van der Waals surface area (Å²) in [7, 11) is 0. The first-order valence-electron chi connectivity index (χ1n) is 11.4. The lowest BCUT2D eigenvalue weighted by Gasteiger charge is -2.33. The highest BCUT2D eigenvalue weighted by molar-refractivity contribution is 5.89. The second-order valence-corrected chi connectivity index (χ2v) is 8.48. The van der Waals surface area contributed by atoms with E-state index in [1.165, 1.54) is 24.3 Å². The van der Waals surface area contributed by atoms with Gasteiger partial charge >= 0.3 is 12.1 Å². The van der Waals surface area contributed by atoms with Crippen LogP contribution in [0.15, 0.2) is 48.5 Å². The predicted molar refractivity (Wildman–Crippen MR) is 124 cm³/mol. The number of ether oxygens (including phenoxy) is 1. The van der Waals surface area contributed by atoms with Gasteiger partial charge in [0.2, 0.25) is 5.82 Å². The molecule has 1 fully saturated rings. The fraction of sp³-hybridized carbons (Fsp3) is 0.346. The van der Waals surface area contributed by atoms with E-state index < -0.39 is 17.8 Å². The summed E-state index contributed by atoms with van der Waals surface area (Å²) in [5, 5.41) is 0. The van der Waals surface area contributed by atoms with Crippen LogP contribution in [-0.4, -0.2) is 35.6 Å². The van der Waals surface area contributed by atoms with Crippen molar-refractivity contribution < 1.29 is 27.1 Å². The fourth-order valence-corrected chi connectivity index (χ4v) is 4.27. The van der Waals surface area contributed by atoms with Gasteiger partial charge in [-0.05, 0) is 56.5 Å². The zero-order valence-electron chi connectivity index (χ0n) is 19.4. The first-order valence-corrected chi connectivity index (χ1v) is 11.4. The van der Waals surface area contributed by atoms with Crippen molar-refractivity contribution in [1.29, 1.82) is 0 Å². The molecule has 1 aliphatic heterocycles. The number of hydrogen-bond donors (Lipinski definition) is 0. The summed E-state index contributed by atoms with van der Waals surface area (Å²) in [5.41, 5.74) is 2.42. The van der Waals surface area contributed by atoms with Crippen LogP contribution in [0.4, 0.5) is 23.4 Å². The topological polar surface area (TPSA) is 55.3 Å². The highest BCUT2D eigenvalue weighted by atomic mass is 19.4.